The second-order valence-electron chi connectivity index (χ2n) is 3.52. The summed E-state index contributed by atoms with van der Waals surface area (Å²) in [4.78, 5) is 0. The van der Waals surface area contributed by atoms with Gasteiger partial charge in [0, 0.05) is 0 Å². The van der Waals surface area contributed by atoms with Crippen molar-refractivity contribution < 1.29 is 8.78 Å². The Kier molecular flexibility index (Phi) is 11.4. The van der Waals surface area contributed by atoms with Crippen molar-refractivity contribution in [1.29, 1.82) is 0 Å². The van der Waals surface area contributed by atoms with Crippen LogP contribution < -0.4 is 5.32 Å². The molecule has 0 radical (unpaired) electrons. The van der Waals surface area contributed by atoms with Gasteiger partial charge in [0.25, 0.3) is 5.92 Å². The van der Waals surface area contributed by atoms with Crippen molar-refractivity contribution in [2.45, 2.75) is 51.9 Å². The summed E-state index contributed by atoms with van der Waals surface area (Å²) >= 11 is 0. The second-order valence-corrected chi connectivity index (χ2v) is 3.52. The van der Waals surface area contributed by atoms with E-state index in [9.17, 15) is 8.78 Å². The molecule has 0 saturated carbocycles. The number of halogens is 3. The molecule has 4 heteroatoms. The van der Waals surface area contributed by atoms with Crippen molar-refractivity contribution in [3.05, 3.63) is 0 Å². The standard InChI is InChI=1S/C7H16.C3H5F2N.ClH/c1-3-5-7-6-4-2;4-3(5)1-6-2-3;/h3-7H2,1-2H3;6H,1-2H2;1H. The Hall–Kier alpha value is 0.110. The average Bonchev–Trinajstić information content (AvgIpc) is 2.04. The van der Waals surface area contributed by atoms with Crippen LogP contribution in [0, 0.1) is 0 Å². The highest BCUT2D eigenvalue weighted by atomic mass is 35.5. The molecular weight excluding hydrogens is 208 g/mol. The highest BCUT2D eigenvalue weighted by molar-refractivity contribution is 5.85. The molecule has 1 fully saturated rings. The van der Waals surface area contributed by atoms with Crippen LogP contribution in [0.2, 0.25) is 0 Å². The van der Waals surface area contributed by atoms with E-state index < -0.39 is 5.92 Å². The summed E-state index contributed by atoms with van der Waals surface area (Å²) in [6.45, 7) is 4.23. The number of rotatable bonds is 4. The Morgan fingerprint density at radius 3 is 1.50 bits per heavy atom. The first-order valence-electron chi connectivity index (χ1n) is 5.21. The topological polar surface area (TPSA) is 12.0 Å². The Morgan fingerprint density at radius 1 is 1.00 bits per heavy atom. The van der Waals surface area contributed by atoms with Gasteiger partial charge in [-0.05, 0) is 0 Å². The summed E-state index contributed by atoms with van der Waals surface area (Å²) < 4.78 is 23.0. The minimum atomic E-state index is -2.39. The maximum Gasteiger partial charge on any atom is 0.272 e. The Labute approximate surface area is 92.1 Å². The van der Waals surface area contributed by atoms with E-state index in [1.165, 1.54) is 32.1 Å². The third kappa shape index (κ3) is 10.2. The first-order valence-corrected chi connectivity index (χ1v) is 5.21. The number of hydrogen-bond donors (Lipinski definition) is 1. The number of nitrogens with one attached hydrogen (secondary N) is 1. The summed E-state index contributed by atoms with van der Waals surface area (Å²) in [5, 5.41) is 2.45. The predicted molar refractivity (Wildman–Crippen MR) is 59.5 cm³/mol. The summed E-state index contributed by atoms with van der Waals surface area (Å²) in [6, 6.07) is 0. The smallest absolute Gasteiger partial charge is 0.272 e. The van der Waals surface area contributed by atoms with Crippen molar-refractivity contribution in [2.75, 3.05) is 13.1 Å². The molecule has 1 nitrogen and oxygen atoms in total. The van der Waals surface area contributed by atoms with Gasteiger partial charge in [-0.1, -0.05) is 46.0 Å². The van der Waals surface area contributed by atoms with Gasteiger partial charge in [-0.3, -0.25) is 0 Å². The van der Waals surface area contributed by atoms with Gasteiger partial charge in [-0.15, -0.1) is 12.4 Å². The van der Waals surface area contributed by atoms with Gasteiger partial charge in [0.05, 0.1) is 13.1 Å². The van der Waals surface area contributed by atoms with Crippen LogP contribution in [0.5, 0.6) is 0 Å². The van der Waals surface area contributed by atoms with Gasteiger partial charge in [0.15, 0.2) is 0 Å². The van der Waals surface area contributed by atoms with Crippen molar-refractivity contribution in [2.24, 2.45) is 0 Å². The zero-order valence-electron chi connectivity index (χ0n) is 9.11. The summed E-state index contributed by atoms with van der Waals surface area (Å²) in [5.41, 5.74) is 0. The van der Waals surface area contributed by atoms with Gasteiger partial charge in [-0.2, -0.15) is 0 Å². The van der Waals surface area contributed by atoms with Gasteiger partial charge in [0.2, 0.25) is 0 Å². The van der Waals surface area contributed by atoms with Crippen LogP contribution in [0.1, 0.15) is 46.0 Å². The lowest BCUT2D eigenvalue weighted by Gasteiger charge is -2.25. The highest BCUT2D eigenvalue weighted by Crippen LogP contribution is 2.16. The molecule has 0 aromatic carbocycles. The number of hydrogen-bond acceptors (Lipinski definition) is 1. The van der Waals surface area contributed by atoms with E-state index in [2.05, 4.69) is 19.2 Å². The van der Waals surface area contributed by atoms with E-state index in [1.807, 2.05) is 0 Å². The molecular formula is C10H22ClF2N. The van der Waals surface area contributed by atoms with Gasteiger partial charge >= 0.3 is 0 Å². The van der Waals surface area contributed by atoms with Crippen LogP contribution in [0.3, 0.4) is 0 Å². The molecule has 1 heterocycles. The third-order valence-electron chi connectivity index (χ3n) is 1.97. The van der Waals surface area contributed by atoms with Crippen LogP contribution in [-0.2, 0) is 0 Å². The zero-order chi connectivity index (χ0) is 10.2. The summed E-state index contributed by atoms with van der Waals surface area (Å²) in [5.74, 6) is -2.39. The molecule has 1 aliphatic rings. The molecule has 1 aliphatic heterocycles. The minimum absolute atomic E-state index is 0. The lowest BCUT2D eigenvalue weighted by atomic mass is 10.2. The van der Waals surface area contributed by atoms with Crippen molar-refractivity contribution >= 4 is 12.4 Å². The van der Waals surface area contributed by atoms with Crippen molar-refractivity contribution in [3.63, 3.8) is 0 Å². The third-order valence-corrected chi connectivity index (χ3v) is 1.97. The first kappa shape index (κ1) is 16.5. The van der Waals surface area contributed by atoms with E-state index in [1.54, 1.807) is 0 Å². The predicted octanol–water partition coefficient (Wildman–Crippen LogP) is 3.62. The molecule has 0 spiro atoms. The maximum atomic E-state index is 11.5. The van der Waals surface area contributed by atoms with Crippen molar-refractivity contribution in [3.8, 4) is 0 Å². The van der Waals surface area contributed by atoms with E-state index in [4.69, 9.17) is 0 Å². The van der Waals surface area contributed by atoms with E-state index in [0.29, 0.717) is 0 Å². The van der Waals surface area contributed by atoms with Gasteiger partial charge in [0.1, 0.15) is 0 Å². The lowest BCUT2D eigenvalue weighted by Crippen LogP contribution is -2.52. The summed E-state index contributed by atoms with van der Waals surface area (Å²) in [6.07, 6.45) is 7.01. The molecule has 0 amide bonds. The SMILES string of the molecule is CCCCCCC.Cl.FC1(F)CNC1. The van der Waals surface area contributed by atoms with Crippen LogP contribution >= 0.6 is 12.4 Å². The first-order chi connectivity index (χ1) is 6.12. The molecule has 0 aromatic heterocycles. The highest BCUT2D eigenvalue weighted by Gasteiger charge is 2.36. The molecule has 14 heavy (non-hydrogen) atoms. The fourth-order valence-electron chi connectivity index (χ4n) is 0.991. The summed E-state index contributed by atoms with van der Waals surface area (Å²) in [7, 11) is 0. The number of unbranched alkanes of at least 4 members (excludes halogenated alkanes) is 4. The fourth-order valence-corrected chi connectivity index (χ4v) is 0.991. The molecule has 0 unspecified atom stereocenters. The van der Waals surface area contributed by atoms with Gasteiger partial charge in [-0.25, -0.2) is 8.78 Å². The molecule has 0 atom stereocenters. The minimum Gasteiger partial charge on any atom is -0.305 e. The molecule has 1 rings (SSSR count). The monoisotopic (exact) mass is 229 g/mol. The Bertz CT molecular complexity index is 111. The average molecular weight is 230 g/mol. The largest absolute Gasteiger partial charge is 0.305 e. The van der Waals surface area contributed by atoms with E-state index in [-0.39, 0.29) is 25.5 Å². The Morgan fingerprint density at radius 2 is 1.36 bits per heavy atom. The van der Waals surface area contributed by atoms with Crippen LogP contribution in [0.4, 0.5) is 8.78 Å². The normalized spacial score (nSPS) is 17.1. The molecule has 0 aromatic rings. The molecule has 88 valence electrons. The molecule has 0 bridgehead atoms. The van der Waals surface area contributed by atoms with E-state index in [0.717, 1.165) is 0 Å². The fraction of sp³-hybridized carbons (Fsp3) is 1.00. The number of alkyl halides is 2. The molecule has 0 aliphatic carbocycles. The van der Waals surface area contributed by atoms with Crippen LogP contribution in [0.25, 0.3) is 0 Å². The maximum absolute atomic E-state index is 11.5. The van der Waals surface area contributed by atoms with E-state index >= 15 is 0 Å². The second kappa shape index (κ2) is 9.66. The quantitative estimate of drug-likeness (QED) is 0.726. The van der Waals surface area contributed by atoms with Gasteiger partial charge < -0.3 is 5.32 Å². The lowest BCUT2D eigenvalue weighted by molar-refractivity contribution is -0.0475. The molecule has 1 saturated heterocycles. The van der Waals surface area contributed by atoms with Crippen LogP contribution in [0.15, 0.2) is 0 Å². The Balaban J connectivity index is 0. The van der Waals surface area contributed by atoms with Crippen molar-refractivity contribution in [1.82, 2.24) is 5.32 Å². The van der Waals surface area contributed by atoms with Crippen LogP contribution in [-0.4, -0.2) is 19.0 Å². The zero-order valence-corrected chi connectivity index (χ0v) is 9.93. The molecule has 1 N–H and O–H groups in total.